The highest BCUT2D eigenvalue weighted by Gasteiger charge is 2.13. The minimum atomic E-state index is -3.75. The molecule has 1 aromatic heterocycles. The molecule has 178 valence electrons. The van der Waals surface area contributed by atoms with Crippen LogP contribution in [0.1, 0.15) is 40.0 Å². The fourth-order valence-electron chi connectivity index (χ4n) is 3.80. The Morgan fingerprint density at radius 2 is 1.74 bits per heavy atom. The summed E-state index contributed by atoms with van der Waals surface area (Å²) in [6.45, 7) is 4.05. The van der Waals surface area contributed by atoms with Gasteiger partial charge in [0.15, 0.2) is 0 Å². The van der Waals surface area contributed by atoms with Crippen LogP contribution in [0, 0.1) is 6.92 Å². The molecule has 0 spiro atoms. The molecule has 1 atom stereocenters. The average Bonchev–Trinajstić information content (AvgIpc) is 2.84. The Morgan fingerprint density at radius 1 is 1.00 bits per heavy atom. The van der Waals surface area contributed by atoms with E-state index in [1.165, 1.54) is 12.1 Å². The van der Waals surface area contributed by atoms with E-state index in [0.717, 1.165) is 28.1 Å². The molecule has 0 saturated heterocycles. The first-order valence-electron chi connectivity index (χ1n) is 11.1. The number of nitrogens with two attached hydrogens (primary N) is 1. The summed E-state index contributed by atoms with van der Waals surface area (Å²) in [4.78, 5) is 21.7. The van der Waals surface area contributed by atoms with Crippen LogP contribution in [-0.4, -0.2) is 24.3 Å². The molecule has 1 heterocycles. The van der Waals surface area contributed by atoms with Crippen LogP contribution in [0.3, 0.4) is 0 Å². The summed E-state index contributed by atoms with van der Waals surface area (Å²) < 4.78 is 23.0. The number of hydrogen-bond acceptors (Lipinski definition) is 5. The predicted molar refractivity (Wildman–Crippen MR) is 137 cm³/mol. The monoisotopic (exact) mass is 486 g/mol. The third-order valence-corrected chi connectivity index (χ3v) is 6.60. The van der Waals surface area contributed by atoms with Gasteiger partial charge in [-0.15, -0.1) is 0 Å². The highest BCUT2D eigenvalue weighted by Crippen LogP contribution is 2.24. The molecule has 35 heavy (non-hydrogen) atoms. The summed E-state index contributed by atoms with van der Waals surface area (Å²) in [6.07, 6.45) is 4.01. The summed E-state index contributed by atoms with van der Waals surface area (Å²) in [6, 6.07) is 21.5. The number of rotatable bonds is 7. The van der Waals surface area contributed by atoms with Crippen LogP contribution in [0.5, 0.6) is 0 Å². The van der Waals surface area contributed by atoms with E-state index in [1.54, 1.807) is 30.6 Å². The molecular formula is C27H26N4O3S. The van der Waals surface area contributed by atoms with Crippen molar-refractivity contribution >= 4 is 21.6 Å². The van der Waals surface area contributed by atoms with Gasteiger partial charge in [-0.1, -0.05) is 48.9 Å². The van der Waals surface area contributed by atoms with Gasteiger partial charge in [0.2, 0.25) is 10.0 Å². The lowest BCUT2D eigenvalue weighted by Crippen LogP contribution is -2.12. The zero-order valence-corrected chi connectivity index (χ0v) is 20.3. The van der Waals surface area contributed by atoms with Crippen molar-refractivity contribution in [3.05, 3.63) is 108 Å². The van der Waals surface area contributed by atoms with Crippen LogP contribution in [0.2, 0.25) is 0 Å². The first kappa shape index (κ1) is 24.3. The molecule has 0 radical (unpaired) electrons. The van der Waals surface area contributed by atoms with E-state index in [-0.39, 0.29) is 16.7 Å². The van der Waals surface area contributed by atoms with E-state index in [9.17, 15) is 13.2 Å². The number of aryl methyl sites for hydroxylation is 1. The van der Waals surface area contributed by atoms with Gasteiger partial charge >= 0.3 is 0 Å². The van der Waals surface area contributed by atoms with Gasteiger partial charge in [0.25, 0.3) is 5.91 Å². The molecule has 0 bridgehead atoms. The largest absolute Gasteiger partial charge is 0.322 e. The van der Waals surface area contributed by atoms with Gasteiger partial charge in [0.1, 0.15) is 0 Å². The van der Waals surface area contributed by atoms with Crippen LogP contribution in [0.4, 0.5) is 5.69 Å². The molecule has 0 unspecified atom stereocenters. The second-order valence-electron chi connectivity index (χ2n) is 8.52. The fourth-order valence-corrected chi connectivity index (χ4v) is 4.32. The number of carbonyl (C=O) groups excluding carboxylic acids is 1. The van der Waals surface area contributed by atoms with Gasteiger partial charge < -0.3 is 5.32 Å². The molecule has 3 N–H and O–H groups in total. The number of benzene rings is 3. The average molecular weight is 487 g/mol. The van der Waals surface area contributed by atoms with Gasteiger partial charge in [-0.2, -0.15) is 0 Å². The zero-order chi connectivity index (χ0) is 25.0. The van der Waals surface area contributed by atoms with Crippen molar-refractivity contribution in [1.82, 2.24) is 9.97 Å². The Balaban J connectivity index is 1.47. The highest BCUT2D eigenvalue weighted by atomic mass is 32.2. The number of sulfonamides is 1. The number of hydrogen-bond donors (Lipinski definition) is 2. The van der Waals surface area contributed by atoms with E-state index in [0.29, 0.717) is 17.7 Å². The maximum absolute atomic E-state index is 12.6. The topological polar surface area (TPSA) is 115 Å². The lowest BCUT2D eigenvalue weighted by atomic mass is 9.95. The molecule has 4 rings (SSSR count). The maximum atomic E-state index is 12.6. The molecule has 1 amide bonds. The number of carbonyl (C=O) groups is 1. The summed E-state index contributed by atoms with van der Waals surface area (Å²) in [7, 11) is -3.75. The zero-order valence-electron chi connectivity index (χ0n) is 19.5. The van der Waals surface area contributed by atoms with Gasteiger partial charge in [-0.25, -0.2) is 18.5 Å². The molecular weight excluding hydrogens is 460 g/mol. The van der Waals surface area contributed by atoms with Crippen molar-refractivity contribution in [3.8, 4) is 11.3 Å². The van der Waals surface area contributed by atoms with Crippen molar-refractivity contribution in [2.45, 2.75) is 31.1 Å². The van der Waals surface area contributed by atoms with Crippen LogP contribution in [0.15, 0.2) is 90.1 Å². The van der Waals surface area contributed by atoms with E-state index in [2.05, 4.69) is 17.2 Å². The minimum Gasteiger partial charge on any atom is -0.322 e. The molecule has 0 aliphatic carbocycles. The molecule has 4 aromatic rings. The summed E-state index contributed by atoms with van der Waals surface area (Å²) in [5, 5.41) is 8.15. The SMILES string of the molecule is Cc1cccc(C(=O)Nc2cccc([C@H](C)Cc3cncc(-c4ccc(S(N)(=O)=O)cc4)n3)c2)c1. The number of aromatic nitrogens is 2. The first-order chi connectivity index (χ1) is 16.7. The van der Waals surface area contributed by atoms with Crippen molar-refractivity contribution in [3.63, 3.8) is 0 Å². The summed E-state index contributed by atoms with van der Waals surface area (Å²) in [5.74, 6) is -0.0225. The first-order valence-corrected chi connectivity index (χ1v) is 12.7. The molecule has 0 fully saturated rings. The van der Waals surface area contributed by atoms with Crippen molar-refractivity contribution in [1.29, 1.82) is 0 Å². The number of amides is 1. The van der Waals surface area contributed by atoms with Gasteiger partial charge in [0, 0.05) is 23.0 Å². The fraction of sp³-hybridized carbons (Fsp3) is 0.148. The van der Waals surface area contributed by atoms with Gasteiger partial charge in [-0.3, -0.25) is 9.78 Å². The second kappa shape index (κ2) is 10.2. The predicted octanol–water partition coefficient (Wildman–Crippen LogP) is 4.70. The minimum absolute atomic E-state index is 0.0494. The molecule has 7 nitrogen and oxygen atoms in total. The standard InChI is InChI=1S/C27H26N4O3S/c1-18-5-3-7-22(13-18)27(32)31-23-8-4-6-21(15-23)19(2)14-24-16-29-17-26(30-24)20-9-11-25(12-10-20)35(28,33)34/h3-13,15-17,19H,14H2,1-2H3,(H,31,32)(H2,28,33,34)/t19-/m1/s1. The third kappa shape index (κ3) is 6.17. The molecule has 8 heteroatoms. The Morgan fingerprint density at radius 3 is 2.46 bits per heavy atom. The van der Waals surface area contributed by atoms with E-state index < -0.39 is 10.0 Å². The Kier molecular flexibility index (Phi) is 7.04. The highest BCUT2D eigenvalue weighted by molar-refractivity contribution is 7.89. The van der Waals surface area contributed by atoms with Crippen LogP contribution in [-0.2, 0) is 16.4 Å². The quantitative estimate of drug-likeness (QED) is 0.393. The number of nitrogens with zero attached hydrogens (tertiary/aromatic N) is 2. The Hall–Kier alpha value is -3.88. The summed E-state index contributed by atoms with van der Waals surface area (Å²) >= 11 is 0. The van der Waals surface area contributed by atoms with Crippen LogP contribution >= 0.6 is 0 Å². The number of nitrogens with one attached hydrogen (secondary N) is 1. The summed E-state index contributed by atoms with van der Waals surface area (Å²) in [5.41, 5.74) is 5.65. The number of primary sulfonamides is 1. The lowest BCUT2D eigenvalue weighted by molar-refractivity contribution is 0.102. The van der Waals surface area contributed by atoms with Gasteiger partial charge in [0.05, 0.1) is 22.5 Å². The van der Waals surface area contributed by atoms with Gasteiger partial charge in [-0.05, 0) is 61.2 Å². The third-order valence-electron chi connectivity index (χ3n) is 5.67. The smallest absolute Gasteiger partial charge is 0.255 e. The molecule has 0 aliphatic heterocycles. The van der Waals surface area contributed by atoms with Crippen molar-refractivity contribution < 1.29 is 13.2 Å². The Labute approximate surface area is 205 Å². The molecule has 0 aliphatic rings. The maximum Gasteiger partial charge on any atom is 0.255 e. The Bertz CT molecular complexity index is 1470. The van der Waals surface area contributed by atoms with E-state index in [4.69, 9.17) is 10.1 Å². The van der Waals surface area contributed by atoms with Crippen LogP contribution < -0.4 is 10.5 Å². The normalized spacial score (nSPS) is 12.2. The second-order valence-corrected chi connectivity index (χ2v) is 10.1. The lowest BCUT2D eigenvalue weighted by Gasteiger charge is -2.14. The number of anilines is 1. The molecule has 0 saturated carbocycles. The van der Waals surface area contributed by atoms with E-state index in [1.807, 2.05) is 49.4 Å². The van der Waals surface area contributed by atoms with Crippen LogP contribution in [0.25, 0.3) is 11.3 Å². The van der Waals surface area contributed by atoms with E-state index >= 15 is 0 Å². The van der Waals surface area contributed by atoms with Crippen molar-refractivity contribution in [2.24, 2.45) is 5.14 Å². The van der Waals surface area contributed by atoms with Crippen molar-refractivity contribution in [2.75, 3.05) is 5.32 Å². The molecule has 3 aromatic carbocycles.